The first kappa shape index (κ1) is 20.1. The Kier molecular flexibility index (Phi) is 6.28. The van der Waals surface area contributed by atoms with Crippen LogP contribution in [0.2, 0.25) is 0 Å². The largest absolute Gasteiger partial charge is 0.481 e. The molecule has 7 nitrogen and oxygen atoms in total. The molecule has 2 unspecified atom stereocenters. The minimum Gasteiger partial charge on any atom is -0.481 e. The summed E-state index contributed by atoms with van der Waals surface area (Å²) in [4.78, 5) is 27.3. The molecule has 1 saturated heterocycles. The standard InChI is InChI=1S/C21H29N5O2S/c1-14-9-18(25-21-22-7-8-29-21)24-20(23-14)26-12-15(11-19(27)28)10-17(13-26)16-5-3-2-4-6-16/h7-9,15-17H,2-6,10-13H2,1H3,(H,27,28)(H,22,23,24,25). The third kappa shape index (κ3) is 5.23. The molecule has 2 N–H and O–H groups in total. The zero-order chi connectivity index (χ0) is 20.2. The monoisotopic (exact) mass is 415 g/mol. The SMILES string of the molecule is Cc1cc(Nc2nccs2)nc(N2CC(CC(=O)O)CC(C3CCCCC3)C2)n1. The Morgan fingerprint density at radius 1 is 1.24 bits per heavy atom. The molecule has 1 saturated carbocycles. The van der Waals surface area contributed by atoms with Crippen LogP contribution in [-0.4, -0.2) is 39.1 Å². The lowest BCUT2D eigenvalue weighted by Gasteiger charge is -2.42. The van der Waals surface area contributed by atoms with Crippen molar-refractivity contribution in [3.8, 4) is 0 Å². The Morgan fingerprint density at radius 3 is 2.79 bits per heavy atom. The van der Waals surface area contributed by atoms with E-state index in [0.29, 0.717) is 24.3 Å². The molecule has 0 radical (unpaired) electrons. The van der Waals surface area contributed by atoms with Gasteiger partial charge in [0.15, 0.2) is 5.13 Å². The van der Waals surface area contributed by atoms with Crippen molar-refractivity contribution in [3.05, 3.63) is 23.3 Å². The number of thiazole rings is 1. The van der Waals surface area contributed by atoms with E-state index in [0.717, 1.165) is 29.6 Å². The van der Waals surface area contributed by atoms with E-state index in [-0.39, 0.29) is 12.3 Å². The summed E-state index contributed by atoms with van der Waals surface area (Å²) < 4.78 is 0. The number of piperidine rings is 1. The molecule has 2 aliphatic rings. The number of aliphatic carboxylic acids is 1. The molecule has 4 rings (SSSR count). The highest BCUT2D eigenvalue weighted by Gasteiger charge is 2.34. The lowest BCUT2D eigenvalue weighted by atomic mass is 9.73. The quantitative estimate of drug-likeness (QED) is 0.718. The second-order valence-corrected chi connectivity index (χ2v) is 9.31. The van der Waals surface area contributed by atoms with Crippen molar-refractivity contribution in [2.75, 3.05) is 23.3 Å². The van der Waals surface area contributed by atoms with Gasteiger partial charge in [-0.2, -0.15) is 4.98 Å². The average molecular weight is 416 g/mol. The van der Waals surface area contributed by atoms with E-state index in [9.17, 15) is 9.90 Å². The normalized spacial score (nSPS) is 23.1. The van der Waals surface area contributed by atoms with Crippen LogP contribution in [0, 0.1) is 24.7 Å². The number of anilines is 3. The predicted octanol–water partition coefficient (Wildman–Crippen LogP) is 4.48. The van der Waals surface area contributed by atoms with Gasteiger partial charge >= 0.3 is 5.97 Å². The summed E-state index contributed by atoms with van der Waals surface area (Å²) in [6.07, 6.45) is 9.45. The Balaban J connectivity index is 1.55. The topological polar surface area (TPSA) is 91.2 Å². The highest BCUT2D eigenvalue weighted by molar-refractivity contribution is 7.13. The van der Waals surface area contributed by atoms with Crippen LogP contribution in [0.1, 0.15) is 50.6 Å². The maximum absolute atomic E-state index is 11.4. The van der Waals surface area contributed by atoms with Gasteiger partial charge < -0.3 is 15.3 Å². The number of aromatic nitrogens is 3. The first-order valence-electron chi connectivity index (χ1n) is 10.6. The zero-order valence-corrected chi connectivity index (χ0v) is 17.7. The molecule has 0 bridgehead atoms. The molecule has 156 valence electrons. The minimum atomic E-state index is -0.712. The van der Waals surface area contributed by atoms with E-state index in [4.69, 9.17) is 9.97 Å². The Morgan fingerprint density at radius 2 is 2.07 bits per heavy atom. The van der Waals surface area contributed by atoms with E-state index in [1.165, 1.54) is 43.4 Å². The lowest BCUT2D eigenvalue weighted by molar-refractivity contribution is -0.138. The third-order valence-electron chi connectivity index (χ3n) is 6.14. The number of carboxylic acids is 1. The third-order valence-corrected chi connectivity index (χ3v) is 6.83. The van der Waals surface area contributed by atoms with Gasteiger partial charge in [0.2, 0.25) is 5.95 Å². The van der Waals surface area contributed by atoms with Crippen molar-refractivity contribution < 1.29 is 9.90 Å². The molecular formula is C21H29N5O2S. The molecule has 2 aromatic heterocycles. The second kappa shape index (κ2) is 9.07. The number of carbonyl (C=O) groups is 1. The summed E-state index contributed by atoms with van der Waals surface area (Å²) in [5.74, 6) is 2.08. The fraction of sp³-hybridized carbons (Fsp3) is 0.619. The van der Waals surface area contributed by atoms with Crippen molar-refractivity contribution in [3.63, 3.8) is 0 Å². The highest BCUT2D eigenvalue weighted by Crippen LogP contribution is 2.38. The van der Waals surface area contributed by atoms with E-state index in [1.807, 2.05) is 18.4 Å². The summed E-state index contributed by atoms with van der Waals surface area (Å²) in [5, 5.41) is 15.4. The second-order valence-electron chi connectivity index (χ2n) is 8.42. The molecule has 29 heavy (non-hydrogen) atoms. The van der Waals surface area contributed by atoms with Gasteiger partial charge in [0.1, 0.15) is 5.82 Å². The number of rotatable bonds is 6. The maximum Gasteiger partial charge on any atom is 0.303 e. The number of carboxylic acid groups (broad SMARTS) is 1. The smallest absolute Gasteiger partial charge is 0.303 e. The maximum atomic E-state index is 11.4. The van der Waals surface area contributed by atoms with Crippen LogP contribution in [0.15, 0.2) is 17.6 Å². The van der Waals surface area contributed by atoms with E-state index < -0.39 is 5.97 Å². The van der Waals surface area contributed by atoms with Gasteiger partial charge in [-0.1, -0.05) is 32.1 Å². The first-order valence-corrected chi connectivity index (χ1v) is 11.4. The van der Waals surface area contributed by atoms with Crippen LogP contribution in [0.5, 0.6) is 0 Å². The molecule has 2 atom stereocenters. The van der Waals surface area contributed by atoms with Crippen molar-refractivity contribution in [2.45, 2.75) is 51.9 Å². The first-order chi connectivity index (χ1) is 14.1. The van der Waals surface area contributed by atoms with Gasteiger partial charge in [0.25, 0.3) is 0 Å². The van der Waals surface area contributed by atoms with Gasteiger partial charge in [-0.25, -0.2) is 9.97 Å². The fourth-order valence-electron chi connectivity index (χ4n) is 4.90. The van der Waals surface area contributed by atoms with E-state index in [2.05, 4.69) is 15.2 Å². The van der Waals surface area contributed by atoms with E-state index >= 15 is 0 Å². The molecule has 0 spiro atoms. The van der Waals surface area contributed by atoms with Crippen molar-refractivity contribution >= 4 is 34.2 Å². The molecule has 0 amide bonds. The van der Waals surface area contributed by atoms with Gasteiger partial charge in [-0.15, -0.1) is 11.3 Å². The van der Waals surface area contributed by atoms with Gasteiger partial charge in [0, 0.05) is 42.8 Å². The summed E-state index contributed by atoms with van der Waals surface area (Å²) in [6, 6.07) is 1.92. The highest BCUT2D eigenvalue weighted by atomic mass is 32.1. The van der Waals surface area contributed by atoms with Gasteiger partial charge in [-0.05, 0) is 31.1 Å². The number of aryl methyl sites for hydroxylation is 1. The van der Waals surface area contributed by atoms with Crippen LogP contribution >= 0.6 is 11.3 Å². The lowest BCUT2D eigenvalue weighted by Crippen LogP contribution is -2.44. The molecule has 1 aliphatic heterocycles. The number of hydrogen-bond acceptors (Lipinski definition) is 7. The average Bonchev–Trinajstić information content (AvgIpc) is 3.20. The van der Waals surface area contributed by atoms with Crippen molar-refractivity contribution in [1.82, 2.24) is 15.0 Å². The Hall–Kier alpha value is -2.22. The molecule has 2 fully saturated rings. The summed E-state index contributed by atoms with van der Waals surface area (Å²) in [6.45, 7) is 3.59. The van der Waals surface area contributed by atoms with Crippen LogP contribution in [0.3, 0.4) is 0 Å². The fourth-order valence-corrected chi connectivity index (χ4v) is 5.44. The molecule has 2 aromatic rings. The summed E-state index contributed by atoms with van der Waals surface area (Å²) in [5.41, 5.74) is 0.892. The van der Waals surface area contributed by atoms with E-state index in [1.54, 1.807) is 6.20 Å². The molecule has 0 aromatic carbocycles. The molecular weight excluding hydrogens is 386 g/mol. The van der Waals surface area contributed by atoms with Crippen molar-refractivity contribution in [1.29, 1.82) is 0 Å². The van der Waals surface area contributed by atoms with Crippen LogP contribution in [-0.2, 0) is 4.79 Å². The Bertz CT molecular complexity index is 822. The van der Waals surface area contributed by atoms with Gasteiger partial charge in [0.05, 0.1) is 0 Å². The molecule has 3 heterocycles. The summed E-state index contributed by atoms with van der Waals surface area (Å²) >= 11 is 1.53. The molecule has 1 aliphatic carbocycles. The van der Waals surface area contributed by atoms with Crippen LogP contribution in [0.25, 0.3) is 0 Å². The zero-order valence-electron chi connectivity index (χ0n) is 16.9. The Labute approximate surface area is 175 Å². The number of nitrogens with one attached hydrogen (secondary N) is 1. The summed E-state index contributed by atoms with van der Waals surface area (Å²) in [7, 11) is 0. The van der Waals surface area contributed by atoms with Crippen LogP contribution in [0.4, 0.5) is 16.9 Å². The van der Waals surface area contributed by atoms with Gasteiger partial charge in [-0.3, -0.25) is 4.79 Å². The minimum absolute atomic E-state index is 0.146. The number of hydrogen-bond donors (Lipinski definition) is 2. The predicted molar refractivity (Wildman–Crippen MR) is 115 cm³/mol. The number of nitrogens with zero attached hydrogens (tertiary/aromatic N) is 4. The van der Waals surface area contributed by atoms with Crippen LogP contribution < -0.4 is 10.2 Å². The molecule has 8 heteroatoms. The van der Waals surface area contributed by atoms with Crippen molar-refractivity contribution in [2.24, 2.45) is 17.8 Å².